The van der Waals surface area contributed by atoms with Crippen molar-refractivity contribution in [3.8, 4) is 0 Å². The van der Waals surface area contributed by atoms with Gasteiger partial charge in [0, 0.05) is 11.1 Å². The zero-order valence-electron chi connectivity index (χ0n) is 13.7. The van der Waals surface area contributed by atoms with Gasteiger partial charge in [0.25, 0.3) is 0 Å². The minimum Gasteiger partial charge on any atom is -0.369 e. The van der Waals surface area contributed by atoms with Crippen molar-refractivity contribution in [2.75, 3.05) is 13.2 Å². The molecule has 2 unspecified atom stereocenters. The van der Waals surface area contributed by atoms with Gasteiger partial charge in [-0.05, 0) is 44.9 Å². The highest BCUT2D eigenvalue weighted by molar-refractivity contribution is 6.30. The molecule has 1 aliphatic rings. The molecule has 122 valence electrons. The monoisotopic (exact) mass is 324 g/mol. The van der Waals surface area contributed by atoms with Crippen LogP contribution in [0.25, 0.3) is 0 Å². The predicted octanol–water partition coefficient (Wildman–Crippen LogP) is 4.00. The second kappa shape index (κ2) is 6.88. The van der Waals surface area contributed by atoms with Gasteiger partial charge in [0.05, 0.1) is 18.7 Å². The molecule has 1 aromatic rings. The number of rotatable bonds is 3. The number of halogens is 1. The number of ether oxygens (including phenoxy) is 1. The van der Waals surface area contributed by atoms with E-state index in [0.29, 0.717) is 18.2 Å². The summed E-state index contributed by atoms with van der Waals surface area (Å²) in [7, 11) is 0. The van der Waals surface area contributed by atoms with Crippen LogP contribution >= 0.6 is 11.6 Å². The smallest absolute Gasteiger partial charge is 0.318 e. The number of nitrogens with zero attached hydrogens (tertiary/aromatic N) is 1. The maximum atomic E-state index is 12.6. The maximum absolute atomic E-state index is 12.6. The van der Waals surface area contributed by atoms with E-state index in [0.717, 1.165) is 12.0 Å². The Morgan fingerprint density at radius 3 is 2.91 bits per heavy atom. The normalized spacial score (nSPS) is 22.2. The van der Waals surface area contributed by atoms with Gasteiger partial charge in [-0.15, -0.1) is 0 Å². The van der Waals surface area contributed by atoms with Crippen molar-refractivity contribution in [1.82, 2.24) is 10.2 Å². The summed E-state index contributed by atoms with van der Waals surface area (Å²) in [4.78, 5) is 14.4. The van der Waals surface area contributed by atoms with Gasteiger partial charge in [0.1, 0.15) is 6.10 Å². The fraction of sp³-hybridized carbons (Fsp3) is 0.588. The Bertz CT molecular complexity index is 533. The third kappa shape index (κ3) is 3.93. The van der Waals surface area contributed by atoms with Crippen LogP contribution < -0.4 is 5.32 Å². The molecule has 0 radical (unpaired) electrons. The highest BCUT2D eigenvalue weighted by atomic mass is 35.5. The van der Waals surface area contributed by atoms with E-state index in [1.165, 1.54) is 0 Å². The van der Waals surface area contributed by atoms with Gasteiger partial charge in [-0.3, -0.25) is 0 Å². The molecule has 1 heterocycles. The Kier molecular flexibility index (Phi) is 5.35. The fourth-order valence-corrected chi connectivity index (χ4v) is 2.70. The predicted molar refractivity (Wildman–Crippen MR) is 89.2 cm³/mol. The van der Waals surface area contributed by atoms with Gasteiger partial charge in [-0.25, -0.2) is 4.79 Å². The highest BCUT2D eigenvalue weighted by Crippen LogP contribution is 2.31. The van der Waals surface area contributed by atoms with Gasteiger partial charge in [0.2, 0.25) is 0 Å². The molecule has 4 nitrogen and oxygen atoms in total. The minimum absolute atomic E-state index is 0.0327. The third-order valence-corrected chi connectivity index (χ3v) is 4.40. The van der Waals surface area contributed by atoms with E-state index in [1.54, 1.807) is 0 Å². The van der Waals surface area contributed by atoms with Crippen LogP contribution in [0, 0.1) is 0 Å². The molecule has 1 saturated heterocycles. The van der Waals surface area contributed by atoms with Crippen LogP contribution in [-0.4, -0.2) is 35.7 Å². The van der Waals surface area contributed by atoms with Crippen molar-refractivity contribution in [3.63, 3.8) is 0 Å². The number of benzene rings is 1. The first-order valence-electron chi connectivity index (χ1n) is 7.78. The number of urea groups is 1. The first kappa shape index (κ1) is 17.1. The number of hydrogen-bond donors (Lipinski definition) is 1. The molecular weight excluding hydrogens is 300 g/mol. The Balaban J connectivity index is 2.15. The molecule has 1 fully saturated rings. The number of amides is 2. The molecule has 1 N–H and O–H groups in total. The molecule has 0 saturated carbocycles. The van der Waals surface area contributed by atoms with Gasteiger partial charge in [-0.2, -0.15) is 0 Å². The summed E-state index contributed by atoms with van der Waals surface area (Å²) in [6.07, 6.45) is 0.767. The third-order valence-electron chi connectivity index (χ3n) is 4.16. The topological polar surface area (TPSA) is 41.6 Å². The lowest BCUT2D eigenvalue weighted by molar-refractivity contribution is -0.0806. The second-order valence-electron chi connectivity index (χ2n) is 6.54. The van der Waals surface area contributed by atoms with E-state index in [4.69, 9.17) is 16.3 Å². The summed E-state index contributed by atoms with van der Waals surface area (Å²) in [6.45, 7) is 9.15. The van der Waals surface area contributed by atoms with Crippen molar-refractivity contribution in [3.05, 3.63) is 34.9 Å². The zero-order chi connectivity index (χ0) is 16.3. The molecule has 5 heteroatoms. The number of nitrogens with one attached hydrogen (secondary N) is 1. The van der Waals surface area contributed by atoms with E-state index in [2.05, 4.69) is 12.2 Å². The standard InChI is InChI=1S/C17H25ClN2O2/c1-5-12(2)19-16(21)20-10-15(22-11-17(20,3)4)13-7-6-8-14(18)9-13/h6-9,12,15H,5,10-11H2,1-4H3,(H,19,21). The summed E-state index contributed by atoms with van der Waals surface area (Å²) in [6, 6.07) is 7.76. The molecule has 1 aliphatic heterocycles. The summed E-state index contributed by atoms with van der Waals surface area (Å²) in [5.74, 6) is 0. The summed E-state index contributed by atoms with van der Waals surface area (Å²) in [5.41, 5.74) is 0.677. The Morgan fingerprint density at radius 2 is 2.27 bits per heavy atom. The molecule has 2 rings (SSSR count). The van der Waals surface area contributed by atoms with E-state index < -0.39 is 0 Å². The lowest BCUT2D eigenvalue weighted by atomic mass is 9.98. The number of morpholine rings is 1. The lowest BCUT2D eigenvalue weighted by Crippen LogP contribution is -2.59. The number of carbonyl (C=O) groups excluding carboxylic acids is 1. The van der Waals surface area contributed by atoms with Gasteiger partial charge < -0.3 is 15.0 Å². The Morgan fingerprint density at radius 1 is 1.55 bits per heavy atom. The molecule has 0 aliphatic carbocycles. The van der Waals surface area contributed by atoms with Crippen molar-refractivity contribution >= 4 is 17.6 Å². The molecule has 2 amide bonds. The molecule has 22 heavy (non-hydrogen) atoms. The van der Waals surface area contributed by atoms with Crippen LogP contribution in [0.15, 0.2) is 24.3 Å². The minimum atomic E-state index is -0.327. The largest absolute Gasteiger partial charge is 0.369 e. The van der Waals surface area contributed by atoms with Crippen LogP contribution in [0.4, 0.5) is 4.79 Å². The van der Waals surface area contributed by atoms with Crippen molar-refractivity contribution < 1.29 is 9.53 Å². The number of hydrogen-bond acceptors (Lipinski definition) is 2. The lowest BCUT2D eigenvalue weighted by Gasteiger charge is -2.45. The van der Waals surface area contributed by atoms with E-state index in [9.17, 15) is 4.79 Å². The SMILES string of the molecule is CCC(C)NC(=O)N1CC(c2cccc(Cl)c2)OCC1(C)C. The van der Waals surface area contributed by atoms with Crippen molar-refractivity contribution in [2.45, 2.75) is 51.8 Å². The average molecular weight is 325 g/mol. The second-order valence-corrected chi connectivity index (χ2v) is 6.97. The van der Waals surface area contributed by atoms with Gasteiger partial charge in [0.15, 0.2) is 0 Å². The number of carbonyl (C=O) groups is 1. The molecule has 0 spiro atoms. The van der Waals surface area contributed by atoms with Gasteiger partial charge >= 0.3 is 6.03 Å². The van der Waals surface area contributed by atoms with Crippen LogP contribution in [0.2, 0.25) is 5.02 Å². The fourth-order valence-electron chi connectivity index (χ4n) is 2.51. The Hall–Kier alpha value is -1.26. The van der Waals surface area contributed by atoms with Crippen LogP contribution in [0.3, 0.4) is 0 Å². The highest BCUT2D eigenvalue weighted by Gasteiger charge is 2.38. The van der Waals surface area contributed by atoms with Gasteiger partial charge in [-0.1, -0.05) is 30.7 Å². The first-order chi connectivity index (χ1) is 10.3. The average Bonchev–Trinajstić information content (AvgIpc) is 2.46. The summed E-state index contributed by atoms with van der Waals surface area (Å²) < 4.78 is 5.97. The maximum Gasteiger partial charge on any atom is 0.318 e. The van der Waals surface area contributed by atoms with E-state index >= 15 is 0 Å². The summed E-state index contributed by atoms with van der Waals surface area (Å²) >= 11 is 6.06. The van der Waals surface area contributed by atoms with Crippen molar-refractivity contribution in [2.24, 2.45) is 0 Å². The van der Waals surface area contributed by atoms with E-state index in [-0.39, 0.29) is 23.7 Å². The quantitative estimate of drug-likeness (QED) is 0.913. The van der Waals surface area contributed by atoms with Crippen molar-refractivity contribution in [1.29, 1.82) is 0 Å². The molecule has 0 aromatic heterocycles. The Labute approximate surface area is 137 Å². The summed E-state index contributed by atoms with van der Waals surface area (Å²) in [5, 5.41) is 3.73. The molecular formula is C17H25ClN2O2. The van der Waals surface area contributed by atoms with Crippen LogP contribution in [-0.2, 0) is 4.74 Å². The molecule has 0 bridgehead atoms. The molecule has 2 atom stereocenters. The molecule has 1 aromatic carbocycles. The first-order valence-corrected chi connectivity index (χ1v) is 8.16. The van der Waals surface area contributed by atoms with E-state index in [1.807, 2.05) is 49.9 Å². The zero-order valence-corrected chi connectivity index (χ0v) is 14.5. The van der Waals surface area contributed by atoms with Crippen LogP contribution in [0.5, 0.6) is 0 Å². The van der Waals surface area contributed by atoms with Crippen LogP contribution in [0.1, 0.15) is 45.8 Å².